The number of ether oxygens (including phenoxy) is 1. The minimum atomic E-state index is -0.415. The Balaban J connectivity index is 1.90. The van der Waals surface area contributed by atoms with E-state index in [0.717, 1.165) is 17.7 Å². The van der Waals surface area contributed by atoms with Crippen molar-refractivity contribution in [3.63, 3.8) is 0 Å². The summed E-state index contributed by atoms with van der Waals surface area (Å²) in [5, 5.41) is 18.0. The van der Waals surface area contributed by atoms with Crippen LogP contribution in [0.15, 0.2) is 35.1 Å². The number of urea groups is 1. The minimum absolute atomic E-state index is 0.134. The van der Waals surface area contributed by atoms with Gasteiger partial charge in [-0.15, -0.1) is 0 Å². The molecule has 7 nitrogen and oxygen atoms in total. The maximum atomic E-state index is 11.3. The molecule has 0 aromatic heterocycles. The number of fused-ring (bicyclic) bond motifs is 1. The number of carbonyl (C=O) groups is 1. The highest BCUT2D eigenvalue weighted by molar-refractivity contribution is 6.04. The second kappa shape index (κ2) is 5.35. The van der Waals surface area contributed by atoms with Crippen LogP contribution in [0, 0.1) is 0 Å². The Labute approximate surface area is 121 Å². The number of nitrogens with one attached hydrogen (secondary N) is 3. The van der Waals surface area contributed by atoms with Crippen LogP contribution in [0.3, 0.4) is 0 Å². The molecule has 0 saturated carbocycles. The van der Waals surface area contributed by atoms with Gasteiger partial charge in [-0.3, -0.25) is 0 Å². The molecular formula is C14H16N4O3. The van der Waals surface area contributed by atoms with E-state index in [1.165, 1.54) is 0 Å². The lowest BCUT2D eigenvalue weighted by atomic mass is 10.1. The van der Waals surface area contributed by atoms with Crippen molar-refractivity contribution in [2.75, 3.05) is 6.61 Å². The summed E-state index contributed by atoms with van der Waals surface area (Å²) in [7, 11) is 0. The Bertz CT molecular complexity index is 639. The number of rotatable bonds is 4. The lowest BCUT2D eigenvalue weighted by Crippen LogP contribution is -2.45. The molecule has 3 rings (SSSR count). The van der Waals surface area contributed by atoms with Gasteiger partial charge in [-0.05, 0) is 18.6 Å². The van der Waals surface area contributed by atoms with Crippen molar-refractivity contribution in [2.45, 2.75) is 19.5 Å². The summed E-state index contributed by atoms with van der Waals surface area (Å²) in [6.07, 6.45) is 2.04. The third-order valence-electron chi connectivity index (χ3n) is 3.12. The molecule has 21 heavy (non-hydrogen) atoms. The quantitative estimate of drug-likeness (QED) is 0.665. The number of amidine groups is 1. The average Bonchev–Trinajstić information content (AvgIpc) is 2.87. The Kier molecular flexibility index (Phi) is 3.39. The Morgan fingerprint density at radius 3 is 3.10 bits per heavy atom. The number of benzene rings is 1. The van der Waals surface area contributed by atoms with Crippen LogP contribution >= 0.6 is 0 Å². The van der Waals surface area contributed by atoms with E-state index in [4.69, 9.17) is 4.74 Å². The summed E-state index contributed by atoms with van der Waals surface area (Å²) in [6, 6.07) is 4.58. The van der Waals surface area contributed by atoms with Gasteiger partial charge >= 0.3 is 6.03 Å². The van der Waals surface area contributed by atoms with E-state index in [1.54, 1.807) is 24.4 Å². The summed E-state index contributed by atoms with van der Waals surface area (Å²) >= 11 is 0. The van der Waals surface area contributed by atoms with Gasteiger partial charge in [-0.1, -0.05) is 6.92 Å². The van der Waals surface area contributed by atoms with Gasteiger partial charge in [0.1, 0.15) is 17.3 Å². The average molecular weight is 288 g/mol. The number of carbonyl (C=O) groups excluding carboxylic acids is 1. The van der Waals surface area contributed by atoms with Crippen LogP contribution in [0.5, 0.6) is 11.5 Å². The molecule has 7 heteroatoms. The molecule has 0 bridgehead atoms. The zero-order chi connectivity index (χ0) is 14.8. The van der Waals surface area contributed by atoms with Crippen LogP contribution < -0.4 is 20.7 Å². The third-order valence-corrected chi connectivity index (χ3v) is 3.12. The minimum Gasteiger partial charge on any atom is -0.508 e. The van der Waals surface area contributed by atoms with Crippen LogP contribution in [-0.2, 0) is 0 Å². The number of amides is 2. The molecule has 2 aliphatic heterocycles. The lowest BCUT2D eigenvalue weighted by Gasteiger charge is -2.16. The van der Waals surface area contributed by atoms with Crippen LogP contribution in [0.1, 0.15) is 18.9 Å². The first-order valence-electron chi connectivity index (χ1n) is 6.75. The Morgan fingerprint density at radius 1 is 1.43 bits per heavy atom. The van der Waals surface area contributed by atoms with E-state index in [-0.39, 0.29) is 11.8 Å². The van der Waals surface area contributed by atoms with Crippen molar-refractivity contribution in [1.29, 1.82) is 0 Å². The second-order valence-corrected chi connectivity index (χ2v) is 4.75. The number of phenols is 1. The zero-order valence-corrected chi connectivity index (χ0v) is 11.5. The van der Waals surface area contributed by atoms with Gasteiger partial charge in [0.05, 0.1) is 17.9 Å². The molecule has 4 N–H and O–H groups in total. The molecule has 2 heterocycles. The van der Waals surface area contributed by atoms with E-state index in [9.17, 15) is 9.90 Å². The van der Waals surface area contributed by atoms with Gasteiger partial charge < -0.3 is 25.8 Å². The summed E-state index contributed by atoms with van der Waals surface area (Å²) in [6.45, 7) is 2.56. The van der Waals surface area contributed by atoms with Gasteiger partial charge in [0.15, 0.2) is 6.17 Å². The largest absolute Gasteiger partial charge is 0.508 e. The molecule has 2 aliphatic rings. The summed E-state index contributed by atoms with van der Waals surface area (Å²) < 4.78 is 5.65. The first-order chi connectivity index (χ1) is 10.2. The van der Waals surface area contributed by atoms with Crippen molar-refractivity contribution >= 4 is 11.9 Å². The first-order valence-corrected chi connectivity index (χ1v) is 6.75. The van der Waals surface area contributed by atoms with Crippen molar-refractivity contribution in [3.05, 3.63) is 35.7 Å². The van der Waals surface area contributed by atoms with Crippen LogP contribution in [-0.4, -0.2) is 29.7 Å². The highest BCUT2D eigenvalue weighted by Crippen LogP contribution is 2.27. The summed E-state index contributed by atoms with van der Waals surface area (Å²) in [5.74, 6) is 1.29. The van der Waals surface area contributed by atoms with E-state index in [2.05, 4.69) is 20.9 Å². The fourth-order valence-electron chi connectivity index (χ4n) is 2.15. The second-order valence-electron chi connectivity index (χ2n) is 4.75. The number of hydrogen-bond donors (Lipinski definition) is 4. The van der Waals surface area contributed by atoms with Crippen molar-refractivity contribution in [3.8, 4) is 11.5 Å². The topological polar surface area (TPSA) is 95.0 Å². The number of phenolic OH excluding ortho intramolecular Hbond substituents is 1. The fourth-order valence-corrected chi connectivity index (χ4v) is 2.15. The monoisotopic (exact) mass is 288 g/mol. The molecule has 0 aliphatic carbocycles. The number of nitrogens with zero attached hydrogens (tertiary/aromatic N) is 1. The zero-order valence-electron chi connectivity index (χ0n) is 11.5. The van der Waals surface area contributed by atoms with Gasteiger partial charge in [0, 0.05) is 12.3 Å². The molecule has 1 aromatic rings. The van der Waals surface area contributed by atoms with Crippen LogP contribution in [0.4, 0.5) is 4.79 Å². The van der Waals surface area contributed by atoms with Gasteiger partial charge in [-0.25, -0.2) is 9.79 Å². The first kappa shape index (κ1) is 13.3. The molecule has 0 fully saturated rings. The molecule has 1 unspecified atom stereocenters. The standard InChI is InChI=1S/C14H16N4O3/c1-2-5-21-11-6-8(19)3-4-9(11)12-16-10-7-15-14(20)18-13(10)17-12/h3-4,6-7,13,19H,2,5H2,1H3,(H,16,17)(H2,15,18,20). The van der Waals surface area contributed by atoms with Crippen molar-refractivity contribution in [1.82, 2.24) is 16.0 Å². The van der Waals surface area contributed by atoms with Crippen molar-refractivity contribution < 1.29 is 14.6 Å². The molecule has 1 aromatic carbocycles. The maximum Gasteiger partial charge on any atom is 0.320 e. The van der Waals surface area contributed by atoms with E-state index in [1.807, 2.05) is 6.92 Å². The number of hydrogen-bond acceptors (Lipinski definition) is 5. The SMILES string of the molecule is CCCOc1cc(O)ccc1C1=NC2NC(=O)NC=C2N1. The fraction of sp³-hybridized carbons (Fsp3) is 0.286. The summed E-state index contributed by atoms with van der Waals surface area (Å²) in [4.78, 5) is 15.7. The molecule has 0 spiro atoms. The smallest absolute Gasteiger partial charge is 0.320 e. The third kappa shape index (κ3) is 2.62. The molecule has 2 amide bonds. The molecule has 0 saturated heterocycles. The van der Waals surface area contributed by atoms with E-state index >= 15 is 0 Å². The van der Waals surface area contributed by atoms with E-state index in [0.29, 0.717) is 18.2 Å². The van der Waals surface area contributed by atoms with Crippen LogP contribution in [0.2, 0.25) is 0 Å². The van der Waals surface area contributed by atoms with Gasteiger partial charge in [0.25, 0.3) is 0 Å². The Hall–Kier alpha value is -2.70. The van der Waals surface area contributed by atoms with Crippen molar-refractivity contribution in [2.24, 2.45) is 4.99 Å². The molecule has 0 radical (unpaired) electrons. The normalized spacial score (nSPS) is 19.7. The van der Waals surface area contributed by atoms with Gasteiger partial charge in [-0.2, -0.15) is 0 Å². The predicted octanol–water partition coefficient (Wildman–Crippen LogP) is 1.01. The highest BCUT2D eigenvalue weighted by Gasteiger charge is 2.29. The molecular weight excluding hydrogens is 272 g/mol. The molecule has 110 valence electrons. The Morgan fingerprint density at radius 2 is 2.29 bits per heavy atom. The number of aliphatic imine (C=N–C) groups is 1. The predicted molar refractivity (Wildman–Crippen MR) is 77.1 cm³/mol. The lowest BCUT2D eigenvalue weighted by molar-refractivity contribution is 0.240. The van der Waals surface area contributed by atoms with Crippen LogP contribution in [0.25, 0.3) is 0 Å². The van der Waals surface area contributed by atoms with E-state index < -0.39 is 6.17 Å². The van der Waals surface area contributed by atoms with Gasteiger partial charge in [0.2, 0.25) is 0 Å². The number of aromatic hydroxyl groups is 1. The highest BCUT2D eigenvalue weighted by atomic mass is 16.5. The maximum absolute atomic E-state index is 11.3. The molecule has 1 atom stereocenters. The summed E-state index contributed by atoms with van der Waals surface area (Å²) in [5.41, 5.74) is 1.50.